The quantitative estimate of drug-likeness (QED) is 0.860. The normalized spacial score (nSPS) is 26.6. The summed E-state index contributed by atoms with van der Waals surface area (Å²) in [5.74, 6) is 1.85. The van der Waals surface area contributed by atoms with Gasteiger partial charge in [0.1, 0.15) is 6.04 Å². The topological polar surface area (TPSA) is 49.6 Å². The fourth-order valence-corrected chi connectivity index (χ4v) is 5.83. The number of amides is 1. The minimum absolute atomic E-state index is 0.200. The highest BCUT2D eigenvalue weighted by atomic mass is 32.2. The SMILES string of the molecule is CC1CC(CCN2CCN(c3cccc4ccccc34)CC2C(N)=O)CS1. The van der Waals surface area contributed by atoms with Gasteiger partial charge in [-0.05, 0) is 42.5 Å². The molecule has 0 spiro atoms. The molecule has 0 aliphatic carbocycles. The Morgan fingerprint density at radius 1 is 1.19 bits per heavy atom. The lowest BCUT2D eigenvalue weighted by Crippen LogP contribution is -2.58. The maximum Gasteiger partial charge on any atom is 0.236 e. The van der Waals surface area contributed by atoms with Crippen LogP contribution in [0.2, 0.25) is 0 Å². The number of piperazine rings is 1. The maximum absolute atomic E-state index is 12.2. The Labute approximate surface area is 166 Å². The van der Waals surface area contributed by atoms with Crippen molar-refractivity contribution in [2.45, 2.75) is 31.1 Å². The number of rotatable bonds is 5. The lowest BCUT2D eigenvalue weighted by atomic mass is 10.0. The van der Waals surface area contributed by atoms with Crippen LogP contribution in [0.4, 0.5) is 5.69 Å². The van der Waals surface area contributed by atoms with Gasteiger partial charge in [0.2, 0.25) is 5.91 Å². The first-order chi connectivity index (χ1) is 13.1. The minimum atomic E-state index is -0.204. The summed E-state index contributed by atoms with van der Waals surface area (Å²) in [4.78, 5) is 16.9. The second-order valence-corrected chi connectivity index (χ2v) is 9.40. The molecule has 4 rings (SSSR count). The number of anilines is 1. The first-order valence-corrected chi connectivity index (χ1v) is 11.0. The van der Waals surface area contributed by atoms with Gasteiger partial charge in [-0.15, -0.1) is 0 Å². The second kappa shape index (κ2) is 8.11. The fraction of sp³-hybridized carbons (Fsp3) is 0.500. The average molecular weight is 384 g/mol. The summed E-state index contributed by atoms with van der Waals surface area (Å²) in [7, 11) is 0. The van der Waals surface area contributed by atoms with Crippen LogP contribution in [0.1, 0.15) is 19.8 Å². The number of nitrogens with zero attached hydrogens (tertiary/aromatic N) is 2. The lowest BCUT2D eigenvalue weighted by Gasteiger charge is -2.41. The number of hydrogen-bond donors (Lipinski definition) is 1. The Morgan fingerprint density at radius 2 is 2.00 bits per heavy atom. The van der Waals surface area contributed by atoms with E-state index in [1.807, 2.05) is 0 Å². The van der Waals surface area contributed by atoms with E-state index in [1.165, 1.54) is 35.1 Å². The van der Waals surface area contributed by atoms with Crippen LogP contribution in [-0.4, -0.2) is 54.0 Å². The van der Waals surface area contributed by atoms with Gasteiger partial charge in [-0.25, -0.2) is 0 Å². The highest BCUT2D eigenvalue weighted by molar-refractivity contribution is 8.00. The molecule has 2 aliphatic rings. The largest absolute Gasteiger partial charge is 0.368 e. The van der Waals surface area contributed by atoms with Crippen LogP contribution in [0.5, 0.6) is 0 Å². The molecular weight excluding hydrogens is 354 g/mol. The summed E-state index contributed by atoms with van der Waals surface area (Å²) in [5, 5.41) is 3.26. The molecule has 0 bridgehead atoms. The van der Waals surface area contributed by atoms with Crippen molar-refractivity contribution in [3.8, 4) is 0 Å². The van der Waals surface area contributed by atoms with Crippen molar-refractivity contribution in [1.82, 2.24) is 4.90 Å². The van der Waals surface area contributed by atoms with E-state index in [9.17, 15) is 4.79 Å². The minimum Gasteiger partial charge on any atom is -0.368 e. The third kappa shape index (κ3) is 4.09. The Morgan fingerprint density at radius 3 is 2.78 bits per heavy atom. The number of carbonyl (C=O) groups excluding carboxylic acids is 1. The molecule has 4 nitrogen and oxygen atoms in total. The van der Waals surface area contributed by atoms with Gasteiger partial charge in [0, 0.05) is 36.0 Å². The van der Waals surface area contributed by atoms with Gasteiger partial charge in [0.15, 0.2) is 0 Å². The Bertz CT molecular complexity index is 806. The standard InChI is InChI=1S/C22H29N3OS/c1-16-13-17(15-27-16)9-10-24-11-12-25(14-21(24)22(23)26)20-8-4-6-18-5-2-3-7-19(18)20/h2-8,16-17,21H,9-15H2,1H3,(H2,23,26). The number of hydrogen-bond acceptors (Lipinski definition) is 4. The molecule has 5 heteroatoms. The molecule has 27 heavy (non-hydrogen) atoms. The highest BCUT2D eigenvalue weighted by Crippen LogP contribution is 2.33. The van der Waals surface area contributed by atoms with Crippen molar-refractivity contribution in [2.75, 3.05) is 36.8 Å². The van der Waals surface area contributed by atoms with E-state index in [4.69, 9.17) is 5.73 Å². The van der Waals surface area contributed by atoms with E-state index in [1.54, 1.807) is 0 Å². The van der Waals surface area contributed by atoms with Crippen molar-refractivity contribution in [3.63, 3.8) is 0 Å². The van der Waals surface area contributed by atoms with Gasteiger partial charge in [0.05, 0.1) is 0 Å². The van der Waals surface area contributed by atoms with Crippen LogP contribution in [-0.2, 0) is 4.79 Å². The van der Waals surface area contributed by atoms with Gasteiger partial charge in [-0.1, -0.05) is 43.3 Å². The van der Waals surface area contributed by atoms with Gasteiger partial charge < -0.3 is 10.6 Å². The van der Waals surface area contributed by atoms with Crippen LogP contribution in [0.15, 0.2) is 42.5 Å². The van der Waals surface area contributed by atoms with Crippen LogP contribution in [0.25, 0.3) is 10.8 Å². The molecule has 0 aromatic heterocycles. The van der Waals surface area contributed by atoms with E-state index >= 15 is 0 Å². The molecule has 2 heterocycles. The molecule has 2 fully saturated rings. The van der Waals surface area contributed by atoms with E-state index in [-0.39, 0.29) is 11.9 Å². The molecule has 0 saturated carbocycles. The number of carbonyl (C=O) groups is 1. The van der Waals surface area contributed by atoms with Crippen molar-refractivity contribution >= 4 is 34.1 Å². The predicted molar refractivity (Wildman–Crippen MR) is 115 cm³/mol. The monoisotopic (exact) mass is 383 g/mol. The smallest absolute Gasteiger partial charge is 0.236 e. The van der Waals surface area contributed by atoms with Gasteiger partial charge in [0.25, 0.3) is 0 Å². The number of nitrogens with two attached hydrogens (primary N) is 1. The van der Waals surface area contributed by atoms with E-state index in [0.717, 1.165) is 30.8 Å². The molecule has 2 aromatic rings. The number of fused-ring (bicyclic) bond motifs is 1. The summed E-state index contributed by atoms with van der Waals surface area (Å²) in [6.45, 7) is 5.81. The number of thioether (sulfide) groups is 1. The molecule has 144 valence electrons. The van der Waals surface area contributed by atoms with Gasteiger partial charge >= 0.3 is 0 Å². The Balaban J connectivity index is 1.47. The average Bonchev–Trinajstić information content (AvgIpc) is 3.11. The van der Waals surface area contributed by atoms with Crippen LogP contribution in [0.3, 0.4) is 0 Å². The fourth-order valence-electron chi connectivity index (χ4n) is 4.52. The molecule has 2 aromatic carbocycles. The first-order valence-electron chi connectivity index (χ1n) is 9.99. The van der Waals surface area contributed by atoms with E-state index < -0.39 is 0 Å². The summed E-state index contributed by atoms with van der Waals surface area (Å²) >= 11 is 2.08. The second-order valence-electron chi connectivity index (χ2n) is 7.93. The summed E-state index contributed by atoms with van der Waals surface area (Å²) in [6, 6.07) is 14.6. The van der Waals surface area contributed by atoms with Crippen molar-refractivity contribution < 1.29 is 4.79 Å². The van der Waals surface area contributed by atoms with Crippen LogP contribution in [0, 0.1) is 5.92 Å². The van der Waals surface area contributed by atoms with Crippen molar-refractivity contribution in [2.24, 2.45) is 11.7 Å². The molecule has 2 saturated heterocycles. The maximum atomic E-state index is 12.2. The molecule has 2 N–H and O–H groups in total. The molecule has 2 aliphatic heterocycles. The number of benzene rings is 2. The third-order valence-corrected chi connectivity index (χ3v) is 7.46. The molecule has 1 amide bonds. The Hall–Kier alpha value is -1.72. The van der Waals surface area contributed by atoms with Gasteiger partial charge in [-0.3, -0.25) is 9.69 Å². The van der Waals surface area contributed by atoms with Crippen molar-refractivity contribution in [1.29, 1.82) is 0 Å². The molecule has 3 unspecified atom stereocenters. The van der Waals surface area contributed by atoms with E-state index in [0.29, 0.717) is 6.54 Å². The first kappa shape index (κ1) is 18.6. The molecular formula is C22H29N3OS. The zero-order valence-corrected chi connectivity index (χ0v) is 16.8. The van der Waals surface area contributed by atoms with Crippen molar-refractivity contribution in [3.05, 3.63) is 42.5 Å². The third-order valence-electron chi connectivity index (χ3n) is 6.03. The summed E-state index contributed by atoms with van der Waals surface area (Å²) < 4.78 is 0. The lowest BCUT2D eigenvalue weighted by molar-refractivity contribution is -0.123. The Kier molecular flexibility index (Phi) is 5.60. The van der Waals surface area contributed by atoms with Gasteiger partial charge in [-0.2, -0.15) is 11.8 Å². The van der Waals surface area contributed by atoms with Crippen LogP contribution >= 0.6 is 11.8 Å². The molecule has 3 atom stereocenters. The number of primary amides is 1. The predicted octanol–water partition coefficient (Wildman–Crippen LogP) is 3.35. The highest BCUT2D eigenvalue weighted by Gasteiger charge is 2.32. The summed E-state index contributed by atoms with van der Waals surface area (Å²) in [5.41, 5.74) is 7.01. The zero-order valence-electron chi connectivity index (χ0n) is 16.0. The zero-order chi connectivity index (χ0) is 18.8. The van der Waals surface area contributed by atoms with E-state index in [2.05, 4.69) is 71.0 Å². The summed E-state index contributed by atoms with van der Waals surface area (Å²) in [6.07, 6.45) is 2.48. The van der Waals surface area contributed by atoms with Crippen LogP contribution < -0.4 is 10.6 Å². The molecule has 0 radical (unpaired) electrons.